The molecule has 2 aromatic carbocycles. The van der Waals surface area contributed by atoms with E-state index in [1.54, 1.807) is 25.1 Å². The Balaban J connectivity index is 1.56. The minimum atomic E-state index is -1.57. The van der Waals surface area contributed by atoms with Crippen LogP contribution in [0, 0.1) is 6.92 Å². The Morgan fingerprint density at radius 2 is 1.71 bits per heavy atom. The van der Waals surface area contributed by atoms with Crippen molar-refractivity contribution in [3.63, 3.8) is 0 Å². The van der Waals surface area contributed by atoms with E-state index in [4.69, 9.17) is 23.4 Å². The topological polar surface area (TPSA) is 148 Å². The maximum Gasteiger partial charge on any atom is 0.344 e. The van der Waals surface area contributed by atoms with Gasteiger partial charge in [-0.1, -0.05) is 0 Å². The standard InChI is InChI=1S/C21H20O10/c1-8-2-9(29-21-19(25)18(24)17(23)15(6-22)31-21)3-14-16(8)10-4-12-13(28-7-27-12)5-11(10)20(26)30-14/h2-5,15,17-19,21-25H,6-7H2,1H3/t15-,17-,18+,19-,21-/m1/s1. The van der Waals surface area contributed by atoms with E-state index in [0.717, 1.165) is 0 Å². The van der Waals surface area contributed by atoms with E-state index < -0.39 is 42.9 Å². The summed E-state index contributed by atoms with van der Waals surface area (Å²) in [4.78, 5) is 12.6. The largest absolute Gasteiger partial charge is 0.462 e. The number of benzene rings is 2. The molecule has 5 atom stereocenters. The molecule has 2 aliphatic heterocycles. The van der Waals surface area contributed by atoms with Crippen molar-refractivity contribution >= 4 is 21.7 Å². The maximum atomic E-state index is 12.6. The van der Waals surface area contributed by atoms with Crippen LogP contribution in [0.4, 0.5) is 0 Å². The fourth-order valence-electron chi connectivity index (χ4n) is 3.99. The van der Waals surface area contributed by atoms with Crippen molar-refractivity contribution in [3.05, 3.63) is 40.2 Å². The first kappa shape index (κ1) is 20.0. The van der Waals surface area contributed by atoms with Crippen LogP contribution in [0.1, 0.15) is 5.56 Å². The highest BCUT2D eigenvalue weighted by molar-refractivity contribution is 6.07. The van der Waals surface area contributed by atoms with Gasteiger partial charge >= 0.3 is 5.63 Å². The number of aliphatic hydroxyl groups is 4. The van der Waals surface area contributed by atoms with E-state index in [2.05, 4.69) is 0 Å². The molecule has 3 heterocycles. The van der Waals surface area contributed by atoms with Gasteiger partial charge in [-0.25, -0.2) is 4.79 Å². The number of fused-ring (bicyclic) bond motifs is 4. The van der Waals surface area contributed by atoms with E-state index in [-0.39, 0.29) is 18.1 Å². The predicted molar refractivity (Wildman–Crippen MR) is 105 cm³/mol. The van der Waals surface area contributed by atoms with Crippen molar-refractivity contribution in [2.75, 3.05) is 13.4 Å². The molecule has 0 spiro atoms. The highest BCUT2D eigenvalue weighted by atomic mass is 16.7. The lowest BCUT2D eigenvalue weighted by molar-refractivity contribution is -0.277. The van der Waals surface area contributed by atoms with Crippen molar-refractivity contribution in [2.45, 2.75) is 37.6 Å². The van der Waals surface area contributed by atoms with Gasteiger partial charge in [-0.15, -0.1) is 0 Å². The fraction of sp³-hybridized carbons (Fsp3) is 0.381. The first-order valence-corrected chi connectivity index (χ1v) is 9.65. The number of hydrogen-bond acceptors (Lipinski definition) is 10. The molecule has 31 heavy (non-hydrogen) atoms. The quantitative estimate of drug-likeness (QED) is 0.333. The minimum absolute atomic E-state index is 0.0744. The van der Waals surface area contributed by atoms with Crippen molar-refractivity contribution in [1.82, 2.24) is 0 Å². The van der Waals surface area contributed by atoms with Crippen molar-refractivity contribution in [2.24, 2.45) is 0 Å². The first-order valence-electron chi connectivity index (χ1n) is 9.65. The zero-order chi connectivity index (χ0) is 21.9. The molecule has 0 aliphatic carbocycles. The molecule has 0 radical (unpaired) electrons. The van der Waals surface area contributed by atoms with Gasteiger partial charge in [-0.05, 0) is 30.7 Å². The van der Waals surface area contributed by atoms with Gasteiger partial charge < -0.3 is 43.8 Å². The Hall–Kier alpha value is -2.89. The van der Waals surface area contributed by atoms with E-state index in [1.807, 2.05) is 0 Å². The summed E-state index contributed by atoms with van der Waals surface area (Å²) >= 11 is 0. The third-order valence-electron chi connectivity index (χ3n) is 5.58. The summed E-state index contributed by atoms with van der Waals surface area (Å²) in [6.45, 7) is 1.30. The minimum Gasteiger partial charge on any atom is -0.462 e. The zero-order valence-corrected chi connectivity index (χ0v) is 16.3. The second-order valence-corrected chi connectivity index (χ2v) is 7.57. The number of rotatable bonds is 3. The van der Waals surface area contributed by atoms with Gasteiger partial charge in [0.05, 0.1) is 12.0 Å². The number of ether oxygens (including phenoxy) is 4. The summed E-state index contributed by atoms with van der Waals surface area (Å²) in [5, 5.41) is 41.0. The van der Waals surface area contributed by atoms with Gasteiger partial charge in [0.25, 0.3) is 0 Å². The summed E-state index contributed by atoms with van der Waals surface area (Å²) in [5.41, 5.74) is 0.394. The second kappa shape index (κ2) is 7.36. The van der Waals surface area contributed by atoms with Crippen LogP contribution in [-0.2, 0) is 4.74 Å². The Morgan fingerprint density at radius 1 is 1.00 bits per heavy atom. The highest BCUT2D eigenvalue weighted by Crippen LogP contribution is 2.39. The molecule has 0 bridgehead atoms. The van der Waals surface area contributed by atoms with Crippen LogP contribution < -0.4 is 19.8 Å². The van der Waals surface area contributed by atoms with Gasteiger partial charge in [0, 0.05) is 16.8 Å². The fourth-order valence-corrected chi connectivity index (χ4v) is 3.99. The van der Waals surface area contributed by atoms with Crippen LogP contribution in [0.5, 0.6) is 17.2 Å². The summed E-state index contributed by atoms with van der Waals surface area (Å²) in [6.07, 6.45) is -7.07. The normalized spacial score (nSPS) is 27.7. The van der Waals surface area contributed by atoms with Crippen molar-refractivity contribution in [3.8, 4) is 17.2 Å². The van der Waals surface area contributed by atoms with Gasteiger partial charge in [-0.2, -0.15) is 0 Å². The molecule has 5 rings (SSSR count). The molecular weight excluding hydrogens is 412 g/mol. The Labute approximate surface area is 174 Å². The van der Waals surface area contributed by atoms with Crippen molar-refractivity contribution < 1.29 is 43.8 Å². The van der Waals surface area contributed by atoms with E-state index in [9.17, 15) is 25.2 Å². The molecule has 4 N–H and O–H groups in total. The van der Waals surface area contributed by atoms with Crippen LogP contribution in [-0.4, -0.2) is 64.5 Å². The summed E-state index contributed by atoms with van der Waals surface area (Å²) in [5.74, 6) is 1.21. The molecule has 2 aliphatic rings. The zero-order valence-electron chi connectivity index (χ0n) is 16.3. The summed E-state index contributed by atoms with van der Waals surface area (Å²) in [7, 11) is 0. The average Bonchev–Trinajstić information content (AvgIpc) is 3.20. The maximum absolute atomic E-state index is 12.6. The van der Waals surface area contributed by atoms with Gasteiger partial charge in [0.2, 0.25) is 13.1 Å². The third-order valence-corrected chi connectivity index (χ3v) is 5.58. The lowest BCUT2D eigenvalue weighted by Gasteiger charge is -2.39. The number of aliphatic hydroxyl groups excluding tert-OH is 4. The molecule has 0 unspecified atom stereocenters. The average molecular weight is 432 g/mol. The molecular formula is C21H20O10. The van der Waals surface area contributed by atoms with Crippen LogP contribution in [0.25, 0.3) is 21.7 Å². The second-order valence-electron chi connectivity index (χ2n) is 7.57. The molecule has 1 aromatic heterocycles. The number of aryl methyl sites for hydroxylation is 1. The molecule has 164 valence electrons. The van der Waals surface area contributed by atoms with Crippen LogP contribution in [0.3, 0.4) is 0 Å². The van der Waals surface area contributed by atoms with E-state index in [1.165, 1.54) is 6.07 Å². The SMILES string of the molecule is Cc1cc(O[C@@H]2O[C@H](CO)[C@@H](O)[C@H](O)[C@H]2O)cc2oc(=O)c3cc4c(cc3c12)OCO4. The lowest BCUT2D eigenvalue weighted by Crippen LogP contribution is -2.60. The predicted octanol–water partition coefficient (Wildman–Crippen LogP) is 0.162. The monoisotopic (exact) mass is 432 g/mol. The molecule has 1 fully saturated rings. The molecule has 10 nitrogen and oxygen atoms in total. The molecule has 0 amide bonds. The Bertz CT molecular complexity index is 1220. The third kappa shape index (κ3) is 3.20. The van der Waals surface area contributed by atoms with Gasteiger partial charge in [0.15, 0.2) is 11.5 Å². The Morgan fingerprint density at radius 3 is 2.42 bits per heavy atom. The highest BCUT2D eigenvalue weighted by Gasteiger charge is 2.44. The first-order chi connectivity index (χ1) is 14.9. The van der Waals surface area contributed by atoms with Gasteiger partial charge in [0.1, 0.15) is 35.7 Å². The molecule has 0 saturated carbocycles. The smallest absolute Gasteiger partial charge is 0.344 e. The summed E-state index contributed by atoms with van der Waals surface area (Å²) in [6, 6.07) is 6.44. The Kier molecular flexibility index (Phi) is 4.76. The van der Waals surface area contributed by atoms with E-state index >= 15 is 0 Å². The molecule has 1 saturated heterocycles. The lowest BCUT2D eigenvalue weighted by atomic mass is 9.99. The van der Waals surface area contributed by atoms with Crippen LogP contribution in [0.15, 0.2) is 33.5 Å². The summed E-state index contributed by atoms with van der Waals surface area (Å²) < 4.78 is 27.3. The number of hydrogen-bond donors (Lipinski definition) is 4. The van der Waals surface area contributed by atoms with Crippen LogP contribution in [0.2, 0.25) is 0 Å². The van der Waals surface area contributed by atoms with Crippen molar-refractivity contribution in [1.29, 1.82) is 0 Å². The molecule has 10 heteroatoms. The molecule has 3 aromatic rings. The van der Waals surface area contributed by atoms with Gasteiger partial charge in [-0.3, -0.25) is 0 Å². The van der Waals surface area contributed by atoms with E-state index in [0.29, 0.717) is 33.2 Å². The van der Waals surface area contributed by atoms with Crippen LogP contribution >= 0.6 is 0 Å².